The second-order valence-corrected chi connectivity index (χ2v) is 2.73. The van der Waals surface area contributed by atoms with Crippen molar-refractivity contribution in [3.05, 3.63) is 0 Å². The summed E-state index contributed by atoms with van der Waals surface area (Å²) in [5.74, 6) is 0. The van der Waals surface area contributed by atoms with Crippen molar-refractivity contribution in [1.82, 2.24) is 6.15 Å². The van der Waals surface area contributed by atoms with Crippen LogP contribution in [-0.2, 0) is 9.15 Å². The molecule has 7 heavy (non-hydrogen) atoms. The first-order valence-electron chi connectivity index (χ1n) is 0.698. The molecule has 0 atom stereocenters. The third-order valence-electron chi connectivity index (χ3n) is 0. The molecule has 0 fully saturated rings. The molecule has 0 unspecified atom stereocenters. The summed E-state index contributed by atoms with van der Waals surface area (Å²) in [5.41, 5.74) is 0. The van der Waals surface area contributed by atoms with Gasteiger partial charge in [0.2, 0.25) is 0 Å². The quantitative estimate of drug-likeness (QED) is 0.189. The molecule has 44 valence electrons. The average molecular weight is 173 g/mol. The van der Waals surface area contributed by atoms with Crippen molar-refractivity contribution < 1.29 is 13.0 Å². The molecule has 0 heterocycles. The van der Waals surface area contributed by atoms with E-state index in [1.165, 1.54) is 0 Å². The van der Waals surface area contributed by atoms with E-state index in [0.29, 0.717) is 0 Å². The van der Waals surface area contributed by atoms with Crippen LogP contribution < -0.4 is 6.15 Å². The van der Waals surface area contributed by atoms with Crippen LogP contribution in [0.1, 0.15) is 0 Å². The predicted molar refractivity (Wildman–Crippen MR) is 34.1 cm³/mol. The third kappa shape index (κ3) is 103. The van der Waals surface area contributed by atoms with Gasteiger partial charge in [0.25, 0.3) is 0 Å². The van der Waals surface area contributed by atoms with Crippen molar-refractivity contribution in [2.24, 2.45) is 0 Å². The van der Waals surface area contributed by atoms with E-state index in [1.54, 1.807) is 0 Å². The molecular formula is H7CaNO3S2. The number of hydrogen-bond acceptors (Lipinski definition) is 3. The minimum atomic E-state index is -3.97. The summed E-state index contributed by atoms with van der Waals surface area (Å²) < 4.78 is 25.5. The Hall–Kier alpha value is 1.48. The Morgan fingerprint density at radius 3 is 1.43 bits per heavy atom. The predicted octanol–water partition coefficient (Wildman–Crippen LogP) is -1.04. The Bertz CT molecular complexity index is 96.1. The summed E-state index contributed by atoms with van der Waals surface area (Å²) >= 11 is 2.65. The maximum absolute atomic E-state index is 9.05. The van der Waals surface area contributed by atoms with Gasteiger partial charge in [0.1, 0.15) is 0 Å². The molecule has 4 N–H and O–H groups in total. The molecule has 0 rings (SSSR count). The van der Waals surface area contributed by atoms with Gasteiger partial charge in [-0.05, 0) is 11.7 Å². The van der Waals surface area contributed by atoms with Gasteiger partial charge in [0.05, 0.1) is 0 Å². The van der Waals surface area contributed by atoms with Crippen LogP contribution >= 0.6 is 11.7 Å². The summed E-state index contributed by atoms with van der Waals surface area (Å²) in [6, 6.07) is 0. The van der Waals surface area contributed by atoms with E-state index < -0.39 is 9.15 Å². The van der Waals surface area contributed by atoms with E-state index >= 15 is 0 Å². The summed E-state index contributed by atoms with van der Waals surface area (Å²) in [6.07, 6.45) is 0. The second-order valence-electron chi connectivity index (χ2n) is 0.448. The Kier molecular flexibility index (Phi) is 12.7. The van der Waals surface area contributed by atoms with E-state index in [9.17, 15) is 0 Å². The minimum absolute atomic E-state index is 0. The molecule has 4 nitrogen and oxygen atoms in total. The molecule has 0 saturated carbocycles. The van der Waals surface area contributed by atoms with Crippen molar-refractivity contribution in [3.63, 3.8) is 0 Å². The molecule has 0 bridgehead atoms. The normalized spacial score (nSPS) is 8.29. The summed E-state index contributed by atoms with van der Waals surface area (Å²) in [5, 5.41) is 0. The van der Waals surface area contributed by atoms with E-state index in [4.69, 9.17) is 13.0 Å². The molecule has 0 aromatic carbocycles. The molecule has 0 amide bonds. The Morgan fingerprint density at radius 1 is 1.43 bits per heavy atom. The van der Waals surface area contributed by atoms with Crippen LogP contribution in [0.25, 0.3) is 0 Å². The molecule has 0 spiro atoms. The van der Waals surface area contributed by atoms with E-state index in [2.05, 4.69) is 11.7 Å². The van der Waals surface area contributed by atoms with Crippen molar-refractivity contribution in [2.75, 3.05) is 0 Å². The molecule has 0 radical (unpaired) electrons. The van der Waals surface area contributed by atoms with Gasteiger partial charge in [-0.3, -0.25) is 4.55 Å². The van der Waals surface area contributed by atoms with Crippen molar-refractivity contribution in [3.8, 4) is 0 Å². The zero-order valence-electron chi connectivity index (χ0n) is 2.83. The van der Waals surface area contributed by atoms with Gasteiger partial charge < -0.3 is 6.15 Å². The summed E-state index contributed by atoms with van der Waals surface area (Å²) in [6.45, 7) is 0. The monoisotopic (exact) mass is 173 g/mol. The molecular weight excluding hydrogens is 166 g/mol. The van der Waals surface area contributed by atoms with Gasteiger partial charge in [0.15, 0.2) is 0 Å². The molecule has 0 aliphatic carbocycles. The zero-order valence-corrected chi connectivity index (χ0v) is 4.54. The molecule has 7 heteroatoms. The van der Waals surface area contributed by atoms with Gasteiger partial charge in [-0.25, -0.2) is 0 Å². The SMILES string of the molecule is N.O=S(=O)(O)S.[CaH2]. The molecule has 0 saturated heterocycles. The molecule has 0 aromatic rings. The van der Waals surface area contributed by atoms with Gasteiger partial charge in [0, 0.05) is 0 Å². The van der Waals surface area contributed by atoms with E-state index in [0.717, 1.165) is 0 Å². The van der Waals surface area contributed by atoms with Gasteiger partial charge in [-0.2, -0.15) is 8.42 Å². The van der Waals surface area contributed by atoms with Crippen LogP contribution in [0.5, 0.6) is 0 Å². The number of hydrogen-bond donors (Lipinski definition) is 3. The van der Waals surface area contributed by atoms with Crippen LogP contribution in [0.4, 0.5) is 0 Å². The Labute approximate surface area is 76.8 Å². The van der Waals surface area contributed by atoms with Gasteiger partial charge in [-0.15, -0.1) is 0 Å². The fourth-order valence-electron chi connectivity index (χ4n) is 0. The van der Waals surface area contributed by atoms with Crippen LogP contribution in [0, 0.1) is 0 Å². The van der Waals surface area contributed by atoms with Gasteiger partial charge in [-0.1, -0.05) is 0 Å². The number of rotatable bonds is 0. The summed E-state index contributed by atoms with van der Waals surface area (Å²) in [7, 11) is -3.97. The van der Waals surface area contributed by atoms with Crippen molar-refractivity contribution >= 4 is 58.5 Å². The standard InChI is InChI=1S/Ca.H3N.H2O3S2.2H/c;;1-5(2,3)4;;/h;1H3;(H2,1,2,3,4);;. The van der Waals surface area contributed by atoms with E-state index in [1.807, 2.05) is 0 Å². The first kappa shape index (κ1) is 15.8. The zero-order chi connectivity index (χ0) is 4.50. The van der Waals surface area contributed by atoms with Crippen molar-refractivity contribution in [1.29, 1.82) is 0 Å². The van der Waals surface area contributed by atoms with E-state index in [-0.39, 0.29) is 43.9 Å². The molecule has 0 aliphatic heterocycles. The summed E-state index contributed by atoms with van der Waals surface area (Å²) in [4.78, 5) is 0. The average Bonchev–Trinajstić information content (AvgIpc) is 0.722. The molecule has 0 aliphatic rings. The first-order chi connectivity index (χ1) is 2.00. The second kappa shape index (κ2) is 5.61. The first-order valence-corrected chi connectivity index (χ1v) is 3.19. The number of thiol groups is 1. The van der Waals surface area contributed by atoms with Crippen LogP contribution in [0.15, 0.2) is 0 Å². The topological polar surface area (TPSA) is 89.4 Å². The fourth-order valence-corrected chi connectivity index (χ4v) is 0. The van der Waals surface area contributed by atoms with Crippen LogP contribution in [0.3, 0.4) is 0 Å². The van der Waals surface area contributed by atoms with Gasteiger partial charge >= 0.3 is 46.9 Å². The van der Waals surface area contributed by atoms with Crippen LogP contribution in [0.2, 0.25) is 0 Å². The third-order valence-corrected chi connectivity index (χ3v) is 0. The maximum atomic E-state index is 9.05. The van der Waals surface area contributed by atoms with Crippen molar-refractivity contribution in [2.45, 2.75) is 0 Å². The Balaban J connectivity index is -0.0000000800. The fraction of sp³-hybridized carbons (Fsp3) is 0. The molecule has 0 aromatic heterocycles. The van der Waals surface area contributed by atoms with Crippen LogP contribution in [-0.4, -0.2) is 50.7 Å². The Morgan fingerprint density at radius 2 is 1.43 bits per heavy atom.